The standard InChI is InChI=1S/C10H23NOS/c1-8(9(2,3)4)11-13(12)10(5,6)7/h8,11H,1-7H3/t8-,13?/m0/s1. The summed E-state index contributed by atoms with van der Waals surface area (Å²) < 4.78 is 14.7. The Hall–Kier alpha value is 0.110. The number of nitrogens with one attached hydrogen (secondary N) is 1. The molecule has 13 heavy (non-hydrogen) atoms. The van der Waals surface area contributed by atoms with Crippen LogP contribution in [0.3, 0.4) is 0 Å². The summed E-state index contributed by atoms with van der Waals surface area (Å²) in [6.45, 7) is 14.4. The fraction of sp³-hybridized carbons (Fsp3) is 1.00. The molecule has 1 N–H and O–H groups in total. The van der Waals surface area contributed by atoms with Gasteiger partial charge in [0.25, 0.3) is 0 Å². The molecule has 0 amide bonds. The van der Waals surface area contributed by atoms with E-state index < -0.39 is 11.0 Å². The maximum Gasteiger partial charge on any atom is 0.0972 e. The van der Waals surface area contributed by atoms with Gasteiger partial charge in [-0.25, -0.2) is 8.93 Å². The number of hydrogen-bond acceptors (Lipinski definition) is 1. The maximum atomic E-state index is 11.7. The quantitative estimate of drug-likeness (QED) is 0.737. The average molecular weight is 205 g/mol. The lowest BCUT2D eigenvalue weighted by atomic mass is 9.89. The summed E-state index contributed by atoms with van der Waals surface area (Å²) in [5.74, 6) is 0. The first-order valence-electron chi connectivity index (χ1n) is 4.73. The van der Waals surface area contributed by atoms with Crippen molar-refractivity contribution < 1.29 is 4.21 Å². The molecule has 2 atom stereocenters. The molecule has 0 aromatic carbocycles. The predicted octanol–water partition coefficient (Wildman–Crippen LogP) is 2.47. The second-order valence-corrected chi connectivity index (χ2v) is 7.58. The zero-order valence-electron chi connectivity index (χ0n) is 9.89. The van der Waals surface area contributed by atoms with Crippen LogP contribution in [0.2, 0.25) is 0 Å². The van der Waals surface area contributed by atoms with Crippen LogP contribution in [0.5, 0.6) is 0 Å². The topological polar surface area (TPSA) is 29.1 Å². The van der Waals surface area contributed by atoms with Gasteiger partial charge in [0, 0.05) is 6.04 Å². The van der Waals surface area contributed by atoms with Crippen LogP contribution in [0.15, 0.2) is 0 Å². The Morgan fingerprint density at radius 1 is 1.08 bits per heavy atom. The van der Waals surface area contributed by atoms with Crippen molar-refractivity contribution in [1.29, 1.82) is 0 Å². The van der Waals surface area contributed by atoms with Gasteiger partial charge in [-0.1, -0.05) is 20.8 Å². The third-order valence-electron chi connectivity index (χ3n) is 2.14. The Labute approximate surface area is 85.1 Å². The first-order chi connectivity index (χ1) is 5.55. The van der Waals surface area contributed by atoms with Gasteiger partial charge in [0.15, 0.2) is 0 Å². The minimum Gasteiger partial charge on any atom is -0.242 e. The maximum absolute atomic E-state index is 11.7. The van der Waals surface area contributed by atoms with E-state index in [1.54, 1.807) is 0 Å². The molecule has 0 rings (SSSR count). The summed E-state index contributed by atoms with van der Waals surface area (Å²) in [6, 6.07) is 0.257. The molecule has 3 heteroatoms. The molecule has 0 aromatic rings. The highest BCUT2D eigenvalue weighted by Crippen LogP contribution is 2.20. The molecule has 2 nitrogen and oxygen atoms in total. The molecule has 0 aliphatic carbocycles. The first kappa shape index (κ1) is 13.1. The largest absolute Gasteiger partial charge is 0.242 e. The molecule has 0 aliphatic rings. The molecule has 0 saturated carbocycles. The highest BCUT2D eigenvalue weighted by atomic mass is 32.2. The molecule has 0 saturated heterocycles. The van der Waals surface area contributed by atoms with E-state index in [2.05, 4.69) is 32.4 Å². The molecule has 80 valence electrons. The third kappa shape index (κ3) is 4.77. The Kier molecular flexibility index (Phi) is 4.13. The Balaban J connectivity index is 4.24. The van der Waals surface area contributed by atoms with Crippen molar-refractivity contribution in [1.82, 2.24) is 4.72 Å². The van der Waals surface area contributed by atoms with Crippen LogP contribution in [0.1, 0.15) is 48.5 Å². The first-order valence-corrected chi connectivity index (χ1v) is 5.88. The van der Waals surface area contributed by atoms with E-state index in [1.807, 2.05) is 20.8 Å². The zero-order valence-corrected chi connectivity index (χ0v) is 10.7. The smallest absolute Gasteiger partial charge is 0.0972 e. The summed E-state index contributed by atoms with van der Waals surface area (Å²) in [4.78, 5) is 0. The van der Waals surface area contributed by atoms with Crippen LogP contribution >= 0.6 is 0 Å². The van der Waals surface area contributed by atoms with E-state index in [9.17, 15) is 4.21 Å². The summed E-state index contributed by atoms with van der Waals surface area (Å²) in [7, 11) is -0.964. The molecular formula is C10H23NOS. The average Bonchev–Trinajstić information content (AvgIpc) is 1.82. The normalized spacial score (nSPS) is 18.4. The Bertz CT molecular complexity index is 188. The van der Waals surface area contributed by atoms with Crippen molar-refractivity contribution in [2.24, 2.45) is 5.41 Å². The van der Waals surface area contributed by atoms with E-state index >= 15 is 0 Å². The number of rotatable bonds is 2. The van der Waals surface area contributed by atoms with Gasteiger partial charge in [-0.05, 0) is 33.1 Å². The van der Waals surface area contributed by atoms with Crippen molar-refractivity contribution in [3.8, 4) is 0 Å². The van der Waals surface area contributed by atoms with Crippen molar-refractivity contribution in [3.63, 3.8) is 0 Å². The fourth-order valence-corrected chi connectivity index (χ4v) is 1.54. The van der Waals surface area contributed by atoms with E-state index in [0.29, 0.717) is 0 Å². The lowest BCUT2D eigenvalue weighted by Gasteiger charge is -2.30. The highest BCUT2D eigenvalue weighted by Gasteiger charge is 2.26. The van der Waals surface area contributed by atoms with Gasteiger partial charge >= 0.3 is 0 Å². The van der Waals surface area contributed by atoms with Crippen LogP contribution in [0.4, 0.5) is 0 Å². The molecule has 0 aromatic heterocycles. The van der Waals surface area contributed by atoms with Crippen LogP contribution in [0, 0.1) is 5.41 Å². The van der Waals surface area contributed by atoms with E-state index in [0.717, 1.165) is 0 Å². The Morgan fingerprint density at radius 2 is 1.46 bits per heavy atom. The van der Waals surface area contributed by atoms with Crippen LogP contribution in [0.25, 0.3) is 0 Å². The highest BCUT2D eigenvalue weighted by molar-refractivity contribution is 7.84. The molecule has 0 fully saturated rings. The lowest BCUT2D eigenvalue weighted by Crippen LogP contribution is -2.44. The van der Waals surface area contributed by atoms with Gasteiger partial charge in [0.1, 0.15) is 0 Å². The van der Waals surface area contributed by atoms with E-state index in [-0.39, 0.29) is 16.2 Å². The fourth-order valence-electron chi connectivity index (χ4n) is 0.514. The number of hydrogen-bond donors (Lipinski definition) is 1. The van der Waals surface area contributed by atoms with Crippen molar-refractivity contribution in [2.45, 2.75) is 59.3 Å². The molecule has 0 bridgehead atoms. The van der Waals surface area contributed by atoms with Gasteiger partial charge in [-0.3, -0.25) is 0 Å². The monoisotopic (exact) mass is 205 g/mol. The van der Waals surface area contributed by atoms with E-state index in [1.165, 1.54) is 0 Å². The van der Waals surface area contributed by atoms with Gasteiger partial charge < -0.3 is 0 Å². The van der Waals surface area contributed by atoms with Gasteiger partial charge in [-0.15, -0.1) is 0 Å². The summed E-state index contributed by atoms with van der Waals surface area (Å²) in [5, 5.41) is 0. The second-order valence-electron chi connectivity index (χ2n) is 5.59. The van der Waals surface area contributed by atoms with Gasteiger partial charge in [-0.2, -0.15) is 0 Å². The SMILES string of the molecule is C[C@H](NS(=O)C(C)(C)C)C(C)(C)C. The molecule has 0 heterocycles. The van der Waals surface area contributed by atoms with Crippen LogP contribution in [-0.2, 0) is 11.0 Å². The molecule has 0 radical (unpaired) electrons. The van der Waals surface area contributed by atoms with Crippen LogP contribution in [-0.4, -0.2) is 15.0 Å². The second kappa shape index (κ2) is 4.09. The molecule has 1 unspecified atom stereocenters. The third-order valence-corrected chi connectivity index (χ3v) is 3.82. The van der Waals surface area contributed by atoms with Gasteiger partial charge in [0.05, 0.1) is 15.7 Å². The molecule has 0 spiro atoms. The summed E-state index contributed by atoms with van der Waals surface area (Å²) in [6.07, 6.45) is 0. The zero-order chi connectivity index (χ0) is 10.9. The molecular weight excluding hydrogens is 182 g/mol. The van der Waals surface area contributed by atoms with Crippen molar-refractivity contribution >= 4 is 11.0 Å². The van der Waals surface area contributed by atoms with E-state index in [4.69, 9.17) is 0 Å². The minimum absolute atomic E-state index is 0.154. The minimum atomic E-state index is -0.964. The van der Waals surface area contributed by atoms with Gasteiger partial charge in [0.2, 0.25) is 0 Å². The summed E-state index contributed by atoms with van der Waals surface area (Å²) in [5.41, 5.74) is 0.154. The Morgan fingerprint density at radius 3 is 1.69 bits per heavy atom. The van der Waals surface area contributed by atoms with Crippen LogP contribution < -0.4 is 4.72 Å². The summed E-state index contributed by atoms with van der Waals surface area (Å²) >= 11 is 0. The van der Waals surface area contributed by atoms with Crippen molar-refractivity contribution in [3.05, 3.63) is 0 Å². The van der Waals surface area contributed by atoms with Crippen molar-refractivity contribution in [2.75, 3.05) is 0 Å². The predicted molar refractivity (Wildman–Crippen MR) is 59.9 cm³/mol. The lowest BCUT2D eigenvalue weighted by molar-refractivity contribution is 0.320. The molecule has 0 aliphatic heterocycles.